The molecule has 0 saturated carbocycles. The number of aromatic nitrogens is 1. The van der Waals surface area contributed by atoms with Crippen molar-refractivity contribution in [3.8, 4) is 0 Å². The van der Waals surface area contributed by atoms with Gasteiger partial charge in [0.05, 0.1) is 10.7 Å². The van der Waals surface area contributed by atoms with Crippen LogP contribution >= 0.6 is 23.1 Å². The molecule has 1 N–H and O–H groups in total. The minimum absolute atomic E-state index is 0.188. The van der Waals surface area contributed by atoms with Crippen LogP contribution in [0.15, 0.2) is 34.5 Å². The Bertz CT molecular complexity index is 510. The highest BCUT2D eigenvalue weighted by Crippen LogP contribution is 2.20. The van der Waals surface area contributed by atoms with Crippen molar-refractivity contribution in [3.63, 3.8) is 0 Å². The Morgan fingerprint density at radius 3 is 2.68 bits per heavy atom. The topological polar surface area (TPSA) is 24.9 Å². The summed E-state index contributed by atoms with van der Waals surface area (Å²) >= 11 is 3.42. The molecule has 0 aliphatic heterocycles. The number of hydrogen-bond acceptors (Lipinski definition) is 4. The smallest absolute Gasteiger partial charge is 0.123 e. The molecule has 0 aliphatic carbocycles. The third kappa shape index (κ3) is 4.60. The second kappa shape index (κ2) is 7.03. The van der Waals surface area contributed by atoms with Gasteiger partial charge in [-0.05, 0) is 38.2 Å². The van der Waals surface area contributed by atoms with Crippen LogP contribution in [0.25, 0.3) is 0 Å². The van der Waals surface area contributed by atoms with E-state index in [1.807, 2.05) is 26.1 Å². The molecule has 0 bridgehead atoms. The molecule has 0 aliphatic rings. The van der Waals surface area contributed by atoms with Gasteiger partial charge in [-0.25, -0.2) is 9.37 Å². The van der Waals surface area contributed by atoms with Crippen LogP contribution in [0.2, 0.25) is 0 Å². The summed E-state index contributed by atoms with van der Waals surface area (Å²) in [6, 6.07) is 7.01. The molecule has 0 fully saturated rings. The van der Waals surface area contributed by atoms with Gasteiger partial charge in [0.25, 0.3) is 0 Å². The first kappa shape index (κ1) is 14.5. The molecule has 1 heterocycles. The van der Waals surface area contributed by atoms with Gasteiger partial charge >= 0.3 is 0 Å². The van der Waals surface area contributed by atoms with Crippen molar-refractivity contribution in [3.05, 3.63) is 46.2 Å². The monoisotopic (exact) mass is 296 g/mol. The highest BCUT2D eigenvalue weighted by Gasteiger charge is 2.10. The van der Waals surface area contributed by atoms with Crippen LogP contribution < -0.4 is 5.32 Å². The Morgan fingerprint density at radius 1 is 1.37 bits per heavy atom. The van der Waals surface area contributed by atoms with Crippen LogP contribution in [0.3, 0.4) is 0 Å². The Hall–Kier alpha value is -0.910. The number of thiazole rings is 1. The van der Waals surface area contributed by atoms with Crippen molar-refractivity contribution in [1.29, 1.82) is 0 Å². The van der Waals surface area contributed by atoms with Crippen molar-refractivity contribution in [2.24, 2.45) is 0 Å². The first-order chi connectivity index (χ1) is 9.17. The predicted octanol–water partition coefficient (Wildman–Crippen LogP) is 3.51. The number of aryl methyl sites for hydroxylation is 1. The van der Waals surface area contributed by atoms with Crippen molar-refractivity contribution in [2.75, 3.05) is 12.8 Å². The molecular weight excluding hydrogens is 279 g/mol. The Labute approximate surface area is 121 Å². The molecule has 1 aromatic carbocycles. The lowest BCUT2D eigenvalue weighted by Crippen LogP contribution is -2.30. The van der Waals surface area contributed by atoms with E-state index in [1.54, 1.807) is 23.1 Å². The SMILES string of the molecule is CNC(CSc1ccc(F)cc1)Cc1csc(C)n1. The molecule has 2 rings (SSSR count). The summed E-state index contributed by atoms with van der Waals surface area (Å²) < 4.78 is 12.8. The summed E-state index contributed by atoms with van der Waals surface area (Å²) in [4.78, 5) is 5.58. The molecule has 2 nitrogen and oxygen atoms in total. The highest BCUT2D eigenvalue weighted by molar-refractivity contribution is 7.99. The fraction of sp³-hybridized carbons (Fsp3) is 0.357. The minimum Gasteiger partial charge on any atom is -0.316 e. The zero-order valence-electron chi connectivity index (χ0n) is 11.0. The van der Waals surface area contributed by atoms with E-state index in [2.05, 4.69) is 15.7 Å². The summed E-state index contributed by atoms with van der Waals surface area (Å²) in [5.74, 6) is 0.756. The van der Waals surface area contributed by atoms with E-state index in [0.29, 0.717) is 6.04 Å². The molecule has 1 atom stereocenters. The van der Waals surface area contributed by atoms with Crippen LogP contribution in [0.5, 0.6) is 0 Å². The van der Waals surface area contributed by atoms with E-state index in [0.717, 1.165) is 27.8 Å². The molecule has 102 valence electrons. The Balaban J connectivity index is 1.87. The van der Waals surface area contributed by atoms with Crippen molar-refractivity contribution < 1.29 is 4.39 Å². The maximum atomic E-state index is 12.8. The summed E-state index contributed by atoms with van der Waals surface area (Å²) in [6.07, 6.45) is 0.926. The highest BCUT2D eigenvalue weighted by atomic mass is 32.2. The van der Waals surface area contributed by atoms with Crippen molar-refractivity contribution in [1.82, 2.24) is 10.3 Å². The first-order valence-corrected chi connectivity index (χ1v) is 8.00. The normalized spacial score (nSPS) is 12.6. The van der Waals surface area contributed by atoms with Gasteiger partial charge in [-0.3, -0.25) is 0 Å². The molecule has 5 heteroatoms. The zero-order chi connectivity index (χ0) is 13.7. The van der Waals surface area contributed by atoms with Crippen molar-refractivity contribution in [2.45, 2.75) is 24.3 Å². The van der Waals surface area contributed by atoms with Crippen LogP contribution in [-0.2, 0) is 6.42 Å². The van der Waals surface area contributed by atoms with Gasteiger partial charge in [0.15, 0.2) is 0 Å². The van der Waals surface area contributed by atoms with Gasteiger partial charge in [0.1, 0.15) is 5.82 Å². The van der Waals surface area contributed by atoms with Crippen LogP contribution in [0.4, 0.5) is 4.39 Å². The fourth-order valence-corrected chi connectivity index (χ4v) is 3.36. The molecule has 0 saturated heterocycles. The fourth-order valence-electron chi connectivity index (χ4n) is 1.73. The Kier molecular flexibility index (Phi) is 5.36. The van der Waals surface area contributed by atoms with Gasteiger partial charge in [0, 0.05) is 28.5 Å². The molecule has 0 spiro atoms. The van der Waals surface area contributed by atoms with E-state index in [9.17, 15) is 4.39 Å². The minimum atomic E-state index is -0.188. The number of nitrogens with one attached hydrogen (secondary N) is 1. The number of benzene rings is 1. The lowest BCUT2D eigenvalue weighted by molar-refractivity contribution is 0.610. The van der Waals surface area contributed by atoms with E-state index in [-0.39, 0.29) is 5.82 Å². The zero-order valence-corrected chi connectivity index (χ0v) is 12.7. The molecule has 2 aromatic rings. The maximum Gasteiger partial charge on any atom is 0.123 e. The molecule has 0 radical (unpaired) electrons. The third-order valence-electron chi connectivity index (χ3n) is 2.80. The van der Waals surface area contributed by atoms with E-state index >= 15 is 0 Å². The lowest BCUT2D eigenvalue weighted by Gasteiger charge is -2.14. The predicted molar refractivity (Wildman–Crippen MR) is 80.5 cm³/mol. The average molecular weight is 296 g/mol. The number of thioether (sulfide) groups is 1. The standard InChI is InChI=1S/C14H17FN2S2/c1-10-17-13(9-18-10)7-12(16-2)8-19-14-5-3-11(15)4-6-14/h3-6,9,12,16H,7-8H2,1-2H3. The van der Waals surface area contributed by atoms with Gasteiger partial charge in [-0.15, -0.1) is 23.1 Å². The largest absolute Gasteiger partial charge is 0.316 e. The average Bonchev–Trinajstić information content (AvgIpc) is 2.82. The summed E-state index contributed by atoms with van der Waals surface area (Å²) in [6.45, 7) is 2.02. The summed E-state index contributed by atoms with van der Waals surface area (Å²) in [7, 11) is 1.97. The molecule has 1 aromatic heterocycles. The number of halogens is 1. The molecular formula is C14H17FN2S2. The number of nitrogens with zero attached hydrogens (tertiary/aromatic N) is 1. The van der Waals surface area contributed by atoms with E-state index < -0.39 is 0 Å². The first-order valence-electron chi connectivity index (χ1n) is 6.14. The number of likely N-dealkylation sites (N-methyl/N-ethyl adjacent to an activating group) is 1. The molecule has 1 unspecified atom stereocenters. The van der Waals surface area contributed by atoms with Gasteiger partial charge in [-0.2, -0.15) is 0 Å². The van der Waals surface area contributed by atoms with E-state index in [1.165, 1.54) is 12.1 Å². The van der Waals surface area contributed by atoms with Gasteiger partial charge in [0.2, 0.25) is 0 Å². The van der Waals surface area contributed by atoms with Crippen LogP contribution in [0, 0.1) is 12.7 Å². The second-order valence-electron chi connectivity index (χ2n) is 4.31. The summed E-state index contributed by atoms with van der Waals surface area (Å²) in [5, 5.41) is 6.53. The summed E-state index contributed by atoms with van der Waals surface area (Å²) in [5.41, 5.74) is 1.14. The van der Waals surface area contributed by atoms with Gasteiger partial charge in [-0.1, -0.05) is 0 Å². The molecule has 19 heavy (non-hydrogen) atoms. The quantitative estimate of drug-likeness (QED) is 0.826. The lowest BCUT2D eigenvalue weighted by atomic mass is 10.2. The maximum absolute atomic E-state index is 12.8. The Morgan fingerprint density at radius 2 is 2.11 bits per heavy atom. The van der Waals surface area contributed by atoms with Gasteiger partial charge < -0.3 is 5.32 Å². The van der Waals surface area contributed by atoms with E-state index in [4.69, 9.17) is 0 Å². The van der Waals surface area contributed by atoms with Crippen LogP contribution in [-0.4, -0.2) is 23.8 Å². The van der Waals surface area contributed by atoms with Crippen LogP contribution in [0.1, 0.15) is 10.7 Å². The van der Waals surface area contributed by atoms with Crippen molar-refractivity contribution >= 4 is 23.1 Å². The number of hydrogen-bond donors (Lipinski definition) is 1. The second-order valence-corrected chi connectivity index (χ2v) is 6.47. The number of rotatable bonds is 6. The third-order valence-corrected chi connectivity index (χ3v) is 4.79. The molecule has 0 amide bonds.